The van der Waals surface area contributed by atoms with Crippen molar-refractivity contribution < 1.29 is 18.0 Å². The molecule has 0 bridgehead atoms. The number of ketones is 1. The number of hydrogen-bond acceptors (Lipinski definition) is 1. The molecule has 0 amide bonds. The molecule has 0 heterocycles. The normalized spacial score (nSPS) is 11.5. The highest BCUT2D eigenvalue weighted by Crippen LogP contribution is 2.22. The molecule has 0 aliphatic heterocycles. The Bertz CT molecular complexity index is 365. The summed E-state index contributed by atoms with van der Waals surface area (Å²) < 4.78 is 35.7. The fourth-order valence-corrected chi connectivity index (χ4v) is 1.52. The highest BCUT2D eigenvalue weighted by atomic mass is 19.4. The summed E-state index contributed by atoms with van der Waals surface area (Å²) in [6, 6.07) is 7.01. The van der Waals surface area contributed by atoms with Gasteiger partial charge in [-0.15, -0.1) is 0 Å². The van der Waals surface area contributed by atoms with Crippen LogP contribution in [0.25, 0.3) is 0 Å². The average Bonchev–Trinajstić information content (AvgIpc) is 2.27. The zero-order valence-corrected chi connectivity index (χ0v) is 9.68. The van der Waals surface area contributed by atoms with Gasteiger partial charge < -0.3 is 0 Å². The number of alkyl halides is 3. The Morgan fingerprint density at radius 1 is 1.18 bits per heavy atom. The Kier molecular flexibility index (Phi) is 4.73. The predicted molar refractivity (Wildman–Crippen MR) is 60.1 cm³/mol. The number of Topliss-reactive ketones (excluding diaryl/α,β-unsaturated/α-hetero) is 1. The van der Waals surface area contributed by atoms with Crippen molar-refractivity contribution in [1.29, 1.82) is 0 Å². The molecule has 1 aromatic rings. The van der Waals surface area contributed by atoms with E-state index in [0.717, 1.165) is 12.0 Å². The van der Waals surface area contributed by atoms with Crippen LogP contribution in [-0.2, 0) is 6.42 Å². The van der Waals surface area contributed by atoms with Gasteiger partial charge in [0.1, 0.15) is 0 Å². The van der Waals surface area contributed by atoms with Gasteiger partial charge >= 0.3 is 6.18 Å². The van der Waals surface area contributed by atoms with E-state index in [9.17, 15) is 18.0 Å². The first-order valence-corrected chi connectivity index (χ1v) is 5.61. The van der Waals surface area contributed by atoms with E-state index in [-0.39, 0.29) is 18.6 Å². The van der Waals surface area contributed by atoms with Gasteiger partial charge in [-0.25, -0.2) is 0 Å². The van der Waals surface area contributed by atoms with Gasteiger partial charge in [0.15, 0.2) is 5.78 Å². The quantitative estimate of drug-likeness (QED) is 0.710. The second kappa shape index (κ2) is 5.84. The van der Waals surface area contributed by atoms with Gasteiger partial charge in [0.2, 0.25) is 0 Å². The molecule has 0 radical (unpaired) electrons. The highest BCUT2D eigenvalue weighted by Gasteiger charge is 2.26. The zero-order valence-electron chi connectivity index (χ0n) is 9.68. The lowest BCUT2D eigenvalue weighted by Crippen LogP contribution is -2.08. The molecule has 1 aromatic carbocycles. The summed E-state index contributed by atoms with van der Waals surface area (Å²) in [5, 5.41) is 0. The molecule has 0 unspecified atom stereocenters. The van der Waals surface area contributed by atoms with Gasteiger partial charge in [0, 0.05) is 18.4 Å². The largest absolute Gasteiger partial charge is 0.389 e. The maximum Gasteiger partial charge on any atom is 0.389 e. The number of hydrogen-bond donors (Lipinski definition) is 0. The number of aryl methyl sites for hydroxylation is 1. The third-order valence-corrected chi connectivity index (χ3v) is 2.55. The molecule has 1 nitrogen and oxygen atoms in total. The molecule has 0 fully saturated rings. The van der Waals surface area contributed by atoms with Crippen molar-refractivity contribution in [2.45, 2.75) is 38.8 Å². The van der Waals surface area contributed by atoms with Gasteiger partial charge in [0.05, 0.1) is 0 Å². The monoisotopic (exact) mass is 244 g/mol. The number of halogens is 3. The molecular weight excluding hydrogens is 229 g/mol. The second-order valence-corrected chi connectivity index (χ2v) is 3.94. The van der Waals surface area contributed by atoms with Gasteiger partial charge in [-0.2, -0.15) is 13.2 Å². The van der Waals surface area contributed by atoms with Gasteiger partial charge in [-0.1, -0.05) is 31.2 Å². The molecule has 0 aromatic heterocycles. The summed E-state index contributed by atoms with van der Waals surface area (Å²) >= 11 is 0. The molecule has 1 rings (SSSR count). The minimum atomic E-state index is -4.17. The van der Waals surface area contributed by atoms with E-state index in [1.54, 1.807) is 12.1 Å². The van der Waals surface area contributed by atoms with Gasteiger partial charge in [0.25, 0.3) is 0 Å². The van der Waals surface area contributed by atoms with Crippen molar-refractivity contribution in [3.05, 3.63) is 35.4 Å². The number of rotatable bonds is 5. The molecule has 0 aliphatic rings. The minimum Gasteiger partial charge on any atom is -0.294 e. The Morgan fingerprint density at radius 3 is 2.24 bits per heavy atom. The number of benzene rings is 1. The fourth-order valence-electron chi connectivity index (χ4n) is 1.52. The van der Waals surface area contributed by atoms with E-state index in [4.69, 9.17) is 0 Å². The maximum absolute atomic E-state index is 11.9. The van der Waals surface area contributed by atoms with E-state index < -0.39 is 12.6 Å². The zero-order chi connectivity index (χ0) is 12.9. The Labute approximate surface area is 98.6 Å². The van der Waals surface area contributed by atoms with Crippen molar-refractivity contribution in [2.75, 3.05) is 0 Å². The SMILES string of the molecule is CCc1ccc(C(=O)CCCC(F)(F)F)cc1. The fraction of sp³-hybridized carbons (Fsp3) is 0.462. The third-order valence-electron chi connectivity index (χ3n) is 2.55. The van der Waals surface area contributed by atoms with E-state index in [2.05, 4.69) is 0 Å². The maximum atomic E-state index is 11.9. The Morgan fingerprint density at radius 2 is 1.76 bits per heavy atom. The van der Waals surface area contributed by atoms with Crippen molar-refractivity contribution in [3.63, 3.8) is 0 Å². The molecule has 0 N–H and O–H groups in total. The van der Waals surface area contributed by atoms with E-state index in [0.29, 0.717) is 5.56 Å². The summed E-state index contributed by atoms with van der Waals surface area (Å²) in [5.41, 5.74) is 1.60. The standard InChI is InChI=1S/C13H15F3O/c1-2-10-5-7-11(8-6-10)12(17)4-3-9-13(14,15)16/h5-8H,2-4,9H2,1H3. The van der Waals surface area contributed by atoms with Crippen LogP contribution in [0, 0.1) is 0 Å². The van der Waals surface area contributed by atoms with Crippen molar-refractivity contribution >= 4 is 5.78 Å². The van der Waals surface area contributed by atoms with E-state index in [1.165, 1.54) is 0 Å². The van der Waals surface area contributed by atoms with Gasteiger partial charge in [-0.3, -0.25) is 4.79 Å². The molecule has 0 atom stereocenters. The van der Waals surface area contributed by atoms with Crippen LogP contribution < -0.4 is 0 Å². The molecule has 0 aliphatic carbocycles. The number of carbonyl (C=O) groups is 1. The summed E-state index contributed by atoms with van der Waals surface area (Å²) in [6.07, 6.45) is -4.39. The highest BCUT2D eigenvalue weighted by molar-refractivity contribution is 5.96. The van der Waals surface area contributed by atoms with E-state index in [1.807, 2.05) is 19.1 Å². The van der Waals surface area contributed by atoms with Crippen LogP contribution in [0.5, 0.6) is 0 Å². The topological polar surface area (TPSA) is 17.1 Å². The summed E-state index contributed by atoms with van der Waals surface area (Å²) in [4.78, 5) is 11.6. The van der Waals surface area contributed by atoms with Crippen molar-refractivity contribution in [1.82, 2.24) is 0 Å². The van der Waals surface area contributed by atoms with E-state index >= 15 is 0 Å². The third kappa shape index (κ3) is 5.02. The molecule has 94 valence electrons. The van der Waals surface area contributed by atoms with Gasteiger partial charge in [-0.05, 0) is 18.4 Å². The lowest BCUT2D eigenvalue weighted by molar-refractivity contribution is -0.135. The summed E-state index contributed by atoms with van der Waals surface area (Å²) in [5.74, 6) is -0.225. The molecule has 0 spiro atoms. The molecule has 4 heteroatoms. The van der Waals surface area contributed by atoms with Crippen LogP contribution in [0.4, 0.5) is 13.2 Å². The summed E-state index contributed by atoms with van der Waals surface area (Å²) in [6.45, 7) is 2.00. The first kappa shape index (κ1) is 13.7. The molecular formula is C13H15F3O. The predicted octanol–water partition coefficient (Wildman–Crippen LogP) is 4.16. The molecule has 0 saturated heterocycles. The smallest absolute Gasteiger partial charge is 0.294 e. The van der Waals surface area contributed by atoms with Crippen LogP contribution in [-0.4, -0.2) is 12.0 Å². The molecule has 0 saturated carbocycles. The summed E-state index contributed by atoms with van der Waals surface area (Å²) in [7, 11) is 0. The Hall–Kier alpha value is -1.32. The van der Waals surface area contributed by atoms with Crippen LogP contribution in [0.1, 0.15) is 42.1 Å². The Balaban J connectivity index is 2.47. The van der Waals surface area contributed by atoms with Crippen molar-refractivity contribution in [3.8, 4) is 0 Å². The van der Waals surface area contributed by atoms with Crippen LogP contribution in [0.2, 0.25) is 0 Å². The molecule has 17 heavy (non-hydrogen) atoms. The average molecular weight is 244 g/mol. The van der Waals surface area contributed by atoms with Crippen molar-refractivity contribution in [2.24, 2.45) is 0 Å². The lowest BCUT2D eigenvalue weighted by atomic mass is 10.0. The minimum absolute atomic E-state index is 0.0506. The lowest BCUT2D eigenvalue weighted by Gasteiger charge is -2.05. The first-order valence-electron chi connectivity index (χ1n) is 5.61. The van der Waals surface area contributed by atoms with Crippen LogP contribution in [0.3, 0.4) is 0 Å². The van der Waals surface area contributed by atoms with Crippen LogP contribution in [0.15, 0.2) is 24.3 Å². The second-order valence-electron chi connectivity index (χ2n) is 3.94. The first-order chi connectivity index (χ1) is 7.92. The number of carbonyl (C=O) groups excluding carboxylic acids is 1. The van der Waals surface area contributed by atoms with Crippen LogP contribution >= 0.6 is 0 Å².